The molecular formula is C57H33F3N2O2. The van der Waals surface area contributed by atoms with Crippen LogP contribution >= 0.6 is 0 Å². The number of ether oxygens (including phenoxy) is 2. The molecular weight excluding hydrogens is 802 g/mol. The van der Waals surface area contributed by atoms with Crippen molar-refractivity contribution in [3.05, 3.63) is 207 Å². The van der Waals surface area contributed by atoms with E-state index in [0.29, 0.717) is 44.9 Å². The number of hydrogen-bond acceptors (Lipinski definition) is 4. The van der Waals surface area contributed by atoms with Gasteiger partial charge in [0, 0.05) is 64.3 Å². The van der Waals surface area contributed by atoms with Gasteiger partial charge in [0.05, 0.1) is 28.3 Å². The van der Waals surface area contributed by atoms with E-state index >= 15 is 0 Å². The van der Waals surface area contributed by atoms with Crippen molar-refractivity contribution in [2.45, 2.75) is 6.18 Å². The standard InChI is InChI=1S/C57H33F3N2O2/c1-62(2)50-28-20-41(21-29-50)17-25-46-35-47-32-42(12-8-38-6-4-3-5-7-38)22-30-51(47)54-53-52-31-23-43(13-9-40-18-26-49(27-19-40)57(58,59)60)33-48(52)34-45(55(53)63-37-64-56(46)54)24-16-39-10-14-44(36-61)15-11-39/h3-7,10-11,14-15,18-23,26-35H,37H2,1-2H3. The molecule has 0 N–H and O–H groups in total. The lowest BCUT2D eigenvalue weighted by Gasteiger charge is -2.17. The fourth-order valence-electron chi connectivity index (χ4n) is 7.36. The second-order valence-electron chi connectivity index (χ2n) is 15.1. The second-order valence-corrected chi connectivity index (χ2v) is 15.1. The number of halogens is 3. The van der Waals surface area contributed by atoms with Crippen LogP contribution in [0.4, 0.5) is 18.9 Å². The zero-order valence-corrected chi connectivity index (χ0v) is 34.5. The van der Waals surface area contributed by atoms with Crippen molar-refractivity contribution in [3.63, 3.8) is 0 Å². The molecule has 304 valence electrons. The van der Waals surface area contributed by atoms with E-state index in [9.17, 15) is 18.4 Å². The Hall–Kier alpha value is -8.80. The molecule has 9 rings (SSSR count). The number of benzene rings is 8. The summed E-state index contributed by atoms with van der Waals surface area (Å²) in [6.45, 7) is -0.119. The minimum Gasteiger partial charge on any atom is -0.456 e. The fourth-order valence-corrected chi connectivity index (χ4v) is 7.36. The summed E-state index contributed by atoms with van der Waals surface area (Å²) in [6, 6.07) is 47.7. The number of anilines is 1. The maximum absolute atomic E-state index is 13.2. The van der Waals surface area contributed by atoms with Gasteiger partial charge < -0.3 is 14.4 Å². The van der Waals surface area contributed by atoms with Crippen LogP contribution in [0.5, 0.6) is 11.5 Å². The highest BCUT2D eigenvalue weighted by molar-refractivity contribution is 6.12. The predicted octanol–water partition coefficient (Wildman–Crippen LogP) is 11.9. The first kappa shape index (κ1) is 40.6. The van der Waals surface area contributed by atoms with E-state index in [-0.39, 0.29) is 6.79 Å². The molecule has 0 saturated heterocycles. The van der Waals surface area contributed by atoms with Gasteiger partial charge in [0.1, 0.15) is 11.5 Å². The van der Waals surface area contributed by atoms with Crippen molar-refractivity contribution >= 4 is 27.2 Å². The molecule has 0 radical (unpaired) electrons. The number of fused-ring (bicyclic) bond motifs is 7. The van der Waals surface area contributed by atoms with Gasteiger partial charge in [0.2, 0.25) is 6.79 Å². The summed E-state index contributed by atoms with van der Waals surface area (Å²) < 4.78 is 52.8. The Labute approximate surface area is 369 Å². The van der Waals surface area contributed by atoms with Gasteiger partial charge in [0.15, 0.2) is 0 Å². The molecule has 64 heavy (non-hydrogen) atoms. The first-order valence-electron chi connectivity index (χ1n) is 20.1. The SMILES string of the molecule is CN(C)c1ccc(C#Cc2cc3cc(C#Cc4ccccc4)ccc3c3c2OCOc2c(C#Cc4ccc(C#N)cc4)cc4cc(C#Cc5ccc(C(F)(F)F)cc5)ccc4c2-3)cc1. The third-order valence-corrected chi connectivity index (χ3v) is 10.6. The lowest BCUT2D eigenvalue weighted by molar-refractivity contribution is -0.137. The molecule has 0 amide bonds. The molecule has 4 nitrogen and oxygen atoms in total. The molecule has 7 heteroatoms. The Morgan fingerprint density at radius 3 is 1.34 bits per heavy atom. The number of alkyl halides is 3. The second kappa shape index (κ2) is 17.3. The maximum Gasteiger partial charge on any atom is 0.416 e. The highest BCUT2D eigenvalue weighted by Gasteiger charge is 2.30. The molecule has 8 aromatic rings. The van der Waals surface area contributed by atoms with Gasteiger partial charge >= 0.3 is 6.18 Å². The first-order chi connectivity index (χ1) is 31.1. The molecule has 1 aliphatic heterocycles. The van der Waals surface area contributed by atoms with E-state index in [1.165, 1.54) is 12.1 Å². The van der Waals surface area contributed by atoms with Gasteiger partial charge in [-0.25, -0.2) is 0 Å². The Kier molecular flexibility index (Phi) is 11.0. The van der Waals surface area contributed by atoms with Crippen LogP contribution in [0, 0.1) is 58.7 Å². The molecule has 1 aliphatic rings. The molecule has 0 aromatic heterocycles. The van der Waals surface area contributed by atoms with Crippen molar-refractivity contribution in [3.8, 4) is 76.1 Å². The van der Waals surface area contributed by atoms with Gasteiger partial charge in [-0.15, -0.1) is 0 Å². The summed E-state index contributed by atoms with van der Waals surface area (Å²) in [5.41, 5.74) is 7.99. The number of hydrogen-bond donors (Lipinski definition) is 0. The van der Waals surface area contributed by atoms with Gasteiger partial charge in [-0.1, -0.05) is 77.7 Å². The van der Waals surface area contributed by atoms with Crippen LogP contribution in [0.3, 0.4) is 0 Å². The number of rotatable bonds is 1. The first-order valence-corrected chi connectivity index (χ1v) is 20.1. The van der Waals surface area contributed by atoms with Crippen LogP contribution in [-0.2, 0) is 6.18 Å². The van der Waals surface area contributed by atoms with Crippen LogP contribution in [0.25, 0.3) is 32.7 Å². The lowest BCUT2D eigenvalue weighted by Crippen LogP contribution is -2.07. The highest BCUT2D eigenvalue weighted by Crippen LogP contribution is 2.50. The van der Waals surface area contributed by atoms with Gasteiger partial charge in [0.25, 0.3) is 0 Å². The molecule has 0 spiro atoms. The summed E-state index contributed by atoms with van der Waals surface area (Å²) in [5.74, 6) is 27.2. The average molecular weight is 835 g/mol. The van der Waals surface area contributed by atoms with Crippen molar-refractivity contribution in [1.29, 1.82) is 5.26 Å². The Morgan fingerprint density at radius 2 is 0.875 bits per heavy atom. The van der Waals surface area contributed by atoms with E-state index < -0.39 is 11.7 Å². The lowest BCUT2D eigenvalue weighted by atomic mass is 9.88. The largest absolute Gasteiger partial charge is 0.456 e. The van der Waals surface area contributed by atoms with Crippen LogP contribution in [0.15, 0.2) is 152 Å². The van der Waals surface area contributed by atoms with Crippen LogP contribution in [-0.4, -0.2) is 20.9 Å². The number of nitriles is 1. The van der Waals surface area contributed by atoms with E-state index in [1.807, 2.05) is 116 Å². The average Bonchev–Trinajstić information content (AvgIpc) is 3.52. The minimum absolute atomic E-state index is 0.119. The molecule has 1 heterocycles. The topological polar surface area (TPSA) is 45.5 Å². The number of nitrogens with zero attached hydrogens (tertiary/aromatic N) is 2. The van der Waals surface area contributed by atoms with E-state index in [4.69, 9.17) is 9.47 Å². The van der Waals surface area contributed by atoms with Crippen molar-refractivity contribution < 1.29 is 22.6 Å². The molecule has 0 saturated carbocycles. The van der Waals surface area contributed by atoms with Crippen LogP contribution < -0.4 is 14.4 Å². The third kappa shape index (κ3) is 8.68. The molecule has 0 fully saturated rings. The summed E-state index contributed by atoms with van der Waals surface area (Å²) in [7, 11) is 3.98. The van der Waals surface area contributed by atoms with Crippen molar-refractivity contribution in [1.82, 2.24) is 0 Å². The predicted molar refractivity (Wildman–Crippen MR) is 247 cm³/mol. The molecule has 8 aromatic carbocycles. The van der Waals surface area contributed by atoms with Gasteiger partial charge in [-0.05, 0) is 143 Å². The van der Waals surface area contributed by atoms with E-state index in [2.05, 4.69) is 59.5 Å². The molecule has 0 atom stereocenters. The quantitative estimate of drug-likeness (QED) is 0.155. The summed E-state index contributed by atoms with van der Waals surface area (Å²) in [6.07, 6.45) is -4.44. The van der Waals surface area contributed by atoms with E-state index in [0.717, 1.165) is 67.2 Å². The molecule has 0 aliphatic carbocycles. The van der Waals surface area contributed by atoms with Gasteiger partial charge in [-0.3, -0.25) is 0 Å². The molecule has 0 bridgehead atoms. The van der Waals surface area contributed by atoms with Crippen LogP contribution in [0.1, 0.15) is 55.6 Å². The van der Waals surface area contributed by atoms with Crippen molar-refractivity contribution in [2.75, 3.05) is 25.8 Å². The highest BCUT2D eigenvalue weighted by atomic mass is 19.4. The maximum atomic E-state index is 13.2. The van der Waals surface area contributed by atoms with Crippen LogP contribution in [0.2, 0.25) is 0 Å². The third-order valence-electron chi connectivity index (χ3n) is 10.6. The Balaban J connectivity index is 1.26. The minimum atomic E-state index is -4.44. The molecule has 0 unspecified atom stereocenters. The Bertz CT molecular complexity index is 3430. The van der Waals surface area contributed by atoms with Crippen molar-refractivity contribution in [2.24, 2.45) is 0 Å². The summed E-state index contributed by atoms with van der Waals surface area (Å²) in [5, 5.41) is 12.8. The smallest absolute Gasteiger partial charge is 0.416 e. The van der Waals surface area contributed by atoms with Gasteiger partial charge in [-0.2, -0.15) is 18.4 Å². The zero-order valence-electron chi connectivity index (χ0n) is 34.5. The zero-order chi connectivity index (χ0) is 44.2. The monoisotopic (exact) mass is 834 g/mol. The van der Waals surface area contributed by atoms with E-state index in [1.54, 1.807) is 24.3 Å². The Morgan fingerprint density at radius 1 is 0.469 bits per heavy atom. The fraction of sp³-hybridized carbons (Fsp3) is 0.0702. The summed E-state index contributed by atoms with van der Waals surface area (Å²) in [4.78, 5) is 2.03. The summed E-state index contributed by atoms with van der Waals surface area (Å²) >= 11 is 0. The normalized spacial score (nSPS) is 11.2.